The lowest BCUT2D eigenvalue weighted by atomic mass is 10.2. The molecule has 7 nitrogen and oxygen atoms in total. The number of amides is 1. The van der Waals surface area contributed by atoms with E-state index in [0.29, 0.717) is 24.0 Å². The first-order valence-electron chi connectivity index (χ1n) is 10.5. The number of hydrogen-bond donors (Lipinski definition) is 1. The van der Waals surface area contributed by atoms with Gasteiger partial charge in [-0.1, -0.05) is 41.6 Å². The lowest BCUT2D eigenvalue weighted by Crippen LogP contribution is -2.45. The minimum absolute atomic E-state index is 0.424. The molecule has 1 amide bonds. The van der Waals surface area contributed by atoms with Crippen molar-refractivity contribution >= 4 is 23.6 Å². The number of carbonyl (C=O) groups is 1. The van der Waals surface area contributed by atoms with Gasteiger partial charge < -0.3 is 20.3 Å². The standard InChI is InChI=1S/C24H27N5O2S/c1-17-3-5-18(6-4-17)16-31-23-21(32-20-9-7-19(8-10-20)22(25)30)15-26-24(27-23)29-13-11-28(2)12-14-29/h3-10,15H,11-14,16H2,1-2H3,(H2,25,30). The first kappa shape index (κ1) is 22.1. The molecule has 2 heterocycles. The van der Waals surface area contributed by atoms with Crippen molar-refractivity contribution in [3.05, 3.63) is 71.4 Å². The molecule has 1 aliphatic heterocycles. The third-order valence-corrected chi connectivity index (χ3v) is 6.37. The molecular weight excluding hydrogens is 422 g/mol. The van der Waals surface area contributed by atoms with Crippen molar-refractivity contribution < 1.29 is 9.53 Å². The Hall–Kier alpha value is -3.10. The minimum Gasteiger partial charge on any atom is -0.472 e. The van der Waals surface area contributed by atoms with E-state index in [0.717, 1.165) is 41.5 Å². The second kappa shape index (κ2) is 10.0. The summed E-state index contributed by atoms with van der Waals surface area (Å²) in [7, 11) is 2.12. The number of aromatic nitrogens is 2. The van der Waals surface area contributed by atoms with Crippen LogP contribution in [0.2, 0.25) is 0 Å². The highest BCUT2D eigenvalue weighted by molar-refractivity contribution is 7.99. The SMILES string of the molecule is Cc1ccc(COc2nc(N3CCN(C)CC3)ncc2Sc2ccc(C(N)=O)cc2)cc1. The van der Waals surface area contributed by atoms with Crippen LogP contribution in [-0.4, -0.2) is 54.0 Å². The van der Waals surface area contributed by atoms with Crippen molar-refractivity contribution in [2.24, 2.45) is 5.73 Å². The van der Waals surface area contributed by atoms with Gasteiger partial charge in [0.1, 0.15) is 6.61 Å². The molecule has 8 heteroatoms. The molecule has 0 aliphatic carbocycles. The van der Waals surface area contributed by atoms with Crippen LogP contribution in [0.1, 0.15) is 21.5 Å². The number of primary amides is 1. The van der Waals surface area contributed by atoms with Crippen molar-refractivity contribution in [2.45, 2.75) is 23.3 Å². The number of anilines is 1. The third kappa shape index (κ3) is 5.57. The highest BCUT2D eigenvalue weighted by Gasteiger charge is 2.19. The molecule has 1 aliphatic rings. The number of carbonyl (C=O) groups excluding carboxylic acids is 1. The van der Waals surface area contributed by atoms with Gasteiger partial charge in [-0.3, -0.25) is 4.79 Å². The molecule has 4 rings (SSSR count). The largest absolute Gasteiger partial charge is 0.472 e. The van der Waals surface area contributed by atoms with Gasteiger partial charge in [0.25, 0.3) is 0 Å². The molecule has 1 saturated heterocycles. The zero-order chi connectivity index (χ0) is 22.5. The molecule has 0 saturated carbocycles. The highest BCUT2D eigenvalue weighted by atomic mass is 32.2. The van der Waals surface area contributed by atoms with E-state index >= 15 is 0 Å². The summed E-state index contributed by atoms with van der Waals surface area (Å²) in [4.78, 5) is 27.0. The van der Waals surface area contributed by atoms with Gasteiger partial charge >= 0.3 is 0 Å². The molecule has 0 spiro atoms. The maximum atomic E-state index is 11.3. The van der Waals surface area contributed by atoms with E-state index in [2.05, 4.69) is 53.0 Å². The average molecular weight is 450 g/mol. The number of piperazine rings is 1. The number of likely N-dealkylation sites (N-methyl/N-ethyl adjacent to an activating group) is 1. The fourth-order valence-corrected chi connectivity index (χ4v) is 4.15. The fraction of sp³-hybridized carbons (Fsp3) is 0.292. The molecule has 0 unspecified atom stereocenters. The van der Waals surface area contributed by atoms with Gasteiger partial charge in [0, 0.05) is 36.6 Å². The van der Waals surface area contributed by atoms with E-state index in [1.165, 1.54) is 17.3 Å². The molecular formula is C24H27N5O2S. The number of aryl methyl sites for hydroxylation is 1. The lowest BCUT2D eigenvalue weighted by Gasteiger charge is -2.32. The first-order valence-corrected chi connectivity index (χ1v) is 11.4. The monoisotopic (exact) mass is 449 g/mol. The van der Waals surface area contributed by atoms with Crippen molar-refractivity contribution in [3.63, 3.8) is 0 Å². The van der Waals surface area contributed by atoms with Gasteiger partial charge in [-0.15, -0.1) is 0 Å². The van der Waals surface area contributed by atoms with Crippen LogP contribution < -0.4 is 15.4 Å². The zero-order valence-electron chi connectivity index (χ0n) is 18.3. The topological polar surface area (TPSA) is 84.6 Å². The van der Waals surface area contributed by atoms with Gasteiger partial charge in [-0.25, -0.2) is 4.98 Å². The van der Waals surface area contributed by atoms with Crippen molar-refractivity contribution in [1.82, 2.24) is 14.9 Å². The van der Waals surface area contributed by atoms with Crippen LogP contribution in [0.15, 0.2) is 64.5 Å². The van der Waals surface area contributed by atoms with Crippen LogP contribution in [0.5, 0.6) is 5.88 Å². The quantitative estimate of drug-likeness (QED) is 0.592. The second-order valence-electron chi connectivity index (χ2n) is 7.89. The molecule has 0 atom stereocenters. The molecule has 0 bridgehead atoms. The van der Waals surface area contributed by atoms with Crippen molar-refractivity contribution in [3.8, 4) is 5.88 Å². The van der Waals surface area contributed by atoms with Crippen LogP contribution >= 0.6 is 11.8 Å². The van der Waals surface area contributed by atoms with Crippen LogP contribution in [-0.2, 0) is 6.61 Å². The number of nitrogens with two attached hydrogens (primary N) is 1. The predicted molar refractivity (Wildman–Crippen MR) is 126 cm³/mol. The summed E-state index contributed by atoms with van der Waals surface area (Å²) in [5.41, 5.74) is 8.12. The molecule has 32 heavy (non-hydrogen) atoms. The predicted octanol–water partition coefficient (Wildman–Crippen LogP) is 3.37. The Labute approximate surface area is 192 Å². The van der Waals surface area contributed by atoms with E-state index in [1.54, 1.807) is 12.1 Å². The Morgan fingerprint density at radius 1 is 1.06 bits per heavy atom. The van der Waals surface area contributed by atoms with Crippen LogP contribution in [0.4, 0.5) is 5.95 Å². The van der Waals surface area contributed by atoms with E-state index in [-0.39, 0.29) is 0 Å². The normalized spacial score (nSPS) is 14.4. The Morgan fingerprint density at radius 3 is 2.41 bits per heavy atom. The number of hydrogen-bond acceptors (Lipinski definition) is 7. The Bertz CT molecular complexity index is 1060. The molecule has 3 aromatic rings. The van der Waals surface area contributed by atoms with Crippen LogP contribution in [0.25, 0.3) is 0 Å². The fourth-order valence-electron chi connectivity index (χ4n) is 3.33. The molecule has 1 fully saturated rings. The molecule has 166 valence electrons. The molecule has 0 radical (unpaired) electrons. The van der Waals surface area contributed by atoms with E-state index in [4.69, 9.17) is 15.5 Å². The summed E-state index contributed by atoms with van der Waals surface area (Å²) in [5, 5.41) is 0. The number of ether oxygens (including phenoxy) is 1. The minimum atomic E-state index is -0.441. The summed E-state index contributed by atoms with van der Waals surface area (Å²) < 4.78 is 6.17. The summed E-state index contributed by atoms with van der Waals surface area (Å²) in [6.45, 7) is 6.21. The van der Waals surface area contributed by atoms with Gasteiger partial charge in [0.15, 0.2) is 0 Å². The average Bonchev–Trinajstić information content (AvgIpc) is 2.80. The van der Waals surface area contributed by atoms with Crippen LogP contribution in [0.3, 0.4) is 0 Å². The number of benzene rings is 2. The highest BCUT2D eigenvalue weighted by Crippen LogP contribution is 2.35. The Morgan fingerprint density at radius 2 is 1.75 bits per heavy atom. The van der Waals surface area contributed by atoms with Crippen LogP contribution in [0, 0.1) is 6.92 Å². The first-order chi connectivity index (χ1) is 15.5. The lowest BCUT2D eigenvalue weighted by molar-refractivity contribution is 0.1000. The Kier molecular flexibility index (Phi) is 6.92. The summed E-state index contributed by atoms with van der Waals surface area (Å²) >= 11 is 1.50. The van der Waals surface area contributed by atoms with Crippen molar-refractivity contribution in [2.75, 3.05) is 38.1 Å². The van der Waals surface area contributed by atoms with E-state index in [1.807, 2.05) is 18.3 Å². The smallest absolute Gasteiger partial charge is 0.248 e. The molecule has 2 aromatic carbocycles. The van der Waals surface area contributed by atoms with Gasteiger partial charge in [0.05, 0.1) is 11.1 Å². The van der Waals surface area contributed by atoms with Gasteiger partial charge in [-0.05, 0) is 43.8 Å². The van der Waals surface area contributed by atoms with Crippen molar-refractivity contribution in [1.29, 1.82) is 0 Å². The van der Waals surface area contributed by atoms with Gasteiger partial charge in [0.2, 0.25) is 17.7 Å². The molecule has 2 N–H and O–H groups in total. The summed E-state index contributed by atoms with van der Waals surface area (Å²) in [5.74, 6) is 0.799. The summed E-state index contributed by atoms with van der Waals surface area (Å²) in [6, 6.07) is 15.4. The molecule has 1 aromatic heterocycles. The number of rotatable bonds is 7. The zero-order valence-corrected chi connectivity index (χ0v) is 19.1. The maximum Gasteiger partial charge on any atom is 0.248 e. The van der Waals surface area contributed by atoms with E-state index in [9.17, 15) is 4.79 Å². The number of nitrogens with zero attached hydrogens (tertiary/aromatic N) is 4. The maximum absolute atomic E-state index is 11.3. The second-order valence-corrected chi connectivity index (χ2v) is 9.01. The van der Waals surface area contributed by atoms with E-state index < -0.39 is 5.91 Å². The Balaban J connectivity index is 1.56. The van der Waals surface area contributed by atoms with Gasteiger partial charge in [-0.2, -0.15) is 4.98 Å². The summed E-state index contributed by atoms with van der Waals surface area (Å²) in [6.07, 6.45) is 1.82. The third-order valence-electron chi connectivity index (χ3n) is 5.36.